The molecule has 0 aromatic rings. The van der Waals surface area contributed by atoms with Crippen LogP contribution in [0.3, 0.4) is 0 Å². The maximum absolute atomic E-state index is 5.51. The van der Waals surface area contributed by atoms with Crippen molar-refractivity contribution < 1.29 is 18.9 Å². The molecular weight excluding hydrogens is 973 g/mol. The highest BCUT2D eigenvalue weighted by atomic mass is 32.1. The van der Waals surface area contributed by atoms with Crippen molar-refractivity contribution in [2.75, 3.05) is 26.4 Å². The molecule has 0 saturated carbocycles. The average Bonchev–Trinajstić information content (AvgIpc) is 3.40. The highest BCUT2D eigenvalue weighted by molar-refractivity contribution is 7.80. The standard InChI is InChI=1S/C17H32OS.3C16H30OS/c1-4-5-6-7-8-9-10-11-12-13-14-15-18-17(19)16(2)3;3*1-3-5-6-7-8-9-10-11-12-13-14-15-17-16(18)4-2/h4,16H,1,5-15H2,2-3H3;3*3H,1,4-15H2,2H3. The van der Waals surface area contributed by atoms with E-state index in [1.54, 1.807) is 0 Å². The molecule has 0 aliphatic carbocycles. The Labute approximate surface area is 478 Å². The number of rotatable bonds is 52. The van der Waals surface area contributed by atoms with Crippen LogP contribution in [0, 0.1) is 5.92 Å². The van der Waals surface area contributed by atoms with Gasteiger partial charge in [-0.25, -0.2) is 0 Å². The molecule has 0 spiro atoms. The molecular formula is C65H122O4S4. The quantitative estimate of drug-likeness (QED) is 0.0339. The van der Waals surface area contributed by atoms with Crippen LogP contribution >= 0.6 is 48.9 Å². The van der Waals surface area contributed by atoms with E-state index in [0.29, 0.717) is 5.92 Å². The number of hydrogen-bond acceptors (Lipinski definition) is 8. The normalized spacial score (nSPS) is 10.4. The maximum atomic E-state index is 5.51. The summed E-state index contributed by atoms with van der Waals surface area (Å²) in [5.74, 6) is 0.371. The zero-order valence-corrected chi connectivity index (χ0v) is 52.5. The minimum Gasteiger partial charge on any atom is -0.487 e. The van der Waals surface area contributed by atoms with Crippen LogP contribution < -0.4 is 0 Å². The van der Waals surface area contributed by atoms with Crippen LogP contribution in [0.5, 0.6) is 0 Å². The summed E-state index contributed by atoms with van der Waals surface area (Å²) in [5.41, 5.74) is 0. The molecule has 0 radical (unpaired) electrons. The Balaban J connectivity index is -0.000000435. The minimum absolute atomic E-state index is 0.371. The Morgan fingerprint density at radius 1 is 0.288 bits per heavy atom. The predicted octanol–water partition coefficient (Wildman–Crippen LogP) is 23.6. The molecule has 0 fully saturated rings. The molecule has 0 rings (SSSR count). The molecule has 0 saturated heterocycles. The summed E-state index contributed by atoms with van der Waals surface area (Å²) in [7, 11) is 0. The molecule has 0 aliphatic heterocycles. The van der Waals surface area contributed by atoms with Gasteiger partial charge < -0.3 is 18.9 Å². The summed E-state index contributed by atoms with van der Waals surface area (Å²) < 4.78 is 21.7. The van der Waals surface area contributed by atoms with Gasteiger partial charge in [0.25, 0.3) is 0 Å². The van der Waals surface area contributed by atoms with E-state index < -0.39 is 0 Å². The lowest BCUT2D eigenvalue weighted by Gasteiger charge is -2.09. The zero-order chi connectivity index (χ0) is 54.8. The van der Waals surface area contributed by atoms with Crippen molar-refractivity contribution in [2.45, 2.75) is 311 Å². The summed E-state index contributed by atoms with van der Waals surface area (Å²) in [6.07, 6.45) is 63.4. The fourth-order valence-electron chi connectivity index (χ4n) is 7.72. The third-order valence-electron chi connectivity index (χ3n) is 12.6. The maximum Gasteiger partial charge on any atom is 0.162 e. The molecule has 0 unspecified atom stereocenters. The Morgan fingerprint density at radius 3 is 0.616 bits per heavy atom. The van der Waals surface area contributed by atoms with Crippen LogP contribution in [0.4, 0.5) is 0 Å². The molecule has 0 aliphatic rings. The molecule has 0 aromatic heterocycles. The van der Waals surface area contributed by atoms with Gasteiger partial charge in [-0.2, -0.15) is 0 Å². The van der Waals surface area contributed by atoms with E-state index >= 15 is 0 Å². The molecule has 4 nitrogen and oxygen atoms in total. The van der Waals surface area contributed by atoms with Crippen molar-refractivity contribution in [2.24, 2.45) is 5.92 Å². The third kappa shape index (κ3) is 79.5. The van der Waals surface area contributed by atoms with E-state index in [9.17, 15) is 0 Å². The summed E-state index contributed by atoms with van der Waals surface area (Å²) in [6.45, 7) is 28.5. The number of ether oxygens (including phenoxy) is 4. The smallest absolute Gasteiger partial charge is 0.162 e. The van der Waals surface area contributed by atoms with Gasteiger partial charge in [-0.1, -0.05) is 239 Å². The largest absolute Gasteiger partial charge is 0.487 e. The van der Waals surface area contributed by atoms with Crippen molar-refractivity contribution in [3.63, 3.8) is 0 Å². The van der Waals surface area contributed by atoms with Crippen molar-refractivity contribution in [1.29, 1.82) is 0 Å². The highest BCUT2D eigenvalue weighted by Gasteiger charge is 2.03. The van der Waals surface area contributed by atoms with Gasteiger partial charge in [-0.15, -0.1) is 26.3 Å². The monoisotopic (exact) mass is 1090 g/mol. The summed E-state index contributed by atoms with van der Waals surface area (Å²) in [5, 5.41) is 3.04. The lowest BCUT2D eigenvalue weighted by atomic mass is 10.1. The van der Waals surface area contributed by atoms with Crippen molar-refractivity contribution in [3.05, 3.63) is 50.6 Å². The number of thiocarbonyl (C=S) groups is 4. The average molecular weight is 1100 g/mol. The fraction of sp³-hybridized carbons (Fsp3) is 0.815. The van der Waals surface area contributed by atoms with Crippen molar-refractivity contribution >= 4 is 69.1 Å². The number of allylic oxidation sites excluding steroid dienone is 4. The van der Waals surface area contributed by atoms with Gasteiger partial charge >= 0.3 is 0 Å². The van der Waals surface area contributed by atoms with Crippen LogP contribution in [0.15, 0.2) is 50.6 Å². The van der Waals surface area contributed by atoms with Gasteiger partial charge in [0.2, 0.25) is 0 Å². The SMILES string of the molecule is C=CCCCCCCCCCCCOC(=S)C(C)C.C=CCCCCCCCCCCCOC(=S)CC.C=CCCCCCCCCCCCOC(=S)CC.C=CCCCCCCCCCCCOC(=S)CC. The van der Waals surface area contributed by atoms with Gasteiger partial charge in [0.15, 0.2) is 20.2 Å². The Morgan fingerprint density at radius 2 is 0.452 bits per heavy atom. The van der Waals surface area contributed by atoms with Gasteiger partial charge in [-0.05, 0) is 126 Å². The van der Waals surface area contributed by atoms with Gasteiger partial charge in [0.1, 0.15) is 0 Å². The van der Waals surface area contributed by atoms with Crippen LogP contribution in [-0.4, -0.2) is 46.6 Å². The van der Waals surface area contributed by atoms with Gasteiger partial charge in [0.05, 0.1) is 26.4 Å². The van der Waals surface area contributed by atoms with Crippen LogP contribution in [0.25, 0.3) is 0 Å². The summed E-state index contributed by atoms with van der Waals surface area (Å²) in [4.78, 5) is 0. The molecule has 430 valence electrons. The first kappa shape index (κ1) is 78.0. The first-order valence-electron chi connectivity index (χ1n) is 30.7. The van der Waals surface area contributed by atoms with Crippen LogP contribution in [0.2, 0.25) is 0 Å². The third-order valence-corrected chi connectivity index (χ3v) is 14.4. The van der Waals surface area contributed by atoms with Gasteiger partial charge in [0, 0.05) is 25.2 Å². The van der Waals surface area contributed by atoms with E-state index in [0.717, 1.165) is 91.6 Å². The van der Waals surface area contributed by atoms with E-state index in [-0.39, 0.29) is 0 Å². The van der Waals surface area contributed by atoms with Crippen LogP contribution in [-0.2, 0) is 18.9 Å². The Bertz CT molecular complexity index is 1080. The highest BCUT2D eigenvalue weighted by Crippen LogP contribution is 2.15. The molecule has 0 heterocycles. The summed E-state index contributed by atoms with van der Waals surface area (Å²) >= 11 is 20.1. The molecule has 73 heavy (non-hydrogen) atoms. The van der Waals surface area contributed by atoms with E-state index in [1.165, 1.54) is 231 Å². The second kappa shape index (κ2) is 72.6. The Kier molecular flexibility index (Phi) is 77.6. The van der Waals surface area contributed by atoms with Gasteiger partial charge in [-0.3, -0.25) is 0 Å². The zero-order valence-electron chi connectivity index (χ0n) is 49.2. The Hall–Kier alpha value is -1.48. The minimum atomic E-state index is 0.371. The predicted molar refractivity (Wildman–Crippen MR) is 345 cm³/mol. The number of unbranched alkanes of at least 4 members (excludes halogenated alkanes) is 36. The lowest BCUT2D eigenvalue weighted by molar-refractivity contribution is 0.283. The first-order chi connectivity index (χ1) is 35.6. The van der Waals surface area contributed by atoms with E-state index in [2.05, 4.69) is 40.2 Å². The topological polar surface area (TPSA) is 36.9 Å². The van der Waals surface area contributed by atoms with Crippen molar-refractivity contribution in [1.82, 2.24) is 0 Å². The molecule has 0 bridgehead atoms. The molecule has 0 amide bonds. The molecule has 0 aromatic carbocycles. The fourth-order valence-corrected chi connectivity index (χ4v) is 8.05. The van der Waals surface area contributed by atoms with E-state index in [1.807, 2.05) is 45.1 Å². The molecule has 8 heteroatoms. The molecule has 0 N–H and O–H groups in total. The lowest BCUT2D eigenvalue weighted by Crippen LogP contribution is -2.09. The molecule has 0 atom stereocenters. The van der Waals surface area contributed by atoms with Crippen LogP contribution in [0.1, 0.15) is 311 Å². The second-order valence-electron chi connectivity index (χ2n) is 20.1. The number of hydrogen-bond donors (Lipinski definition) is 0. The van der Waals surface area contributed by atoms with Crippen molar-refractivity contribution in [3.8, 4) is 0 Å². The first-order valence-corrected chi connectivity index (χ1v) is 32.3. The second-order valence-corrected chi connectivity index (χ2v) is 21.8. The summed E-state index contributed by atoms with van der Waals surface area (Å²) in [6, 6.07) is 0. The van der Waals surface area contributed by atoms with E-state index in [4.69, 9.17) is 67.8 Å².